The summed E-state index contributed by atoms with van der Waals surface area (Å²) in [6.45, 7) is -0.326. The summed E-state index contributed by atoms with van der Waals surface area (Å²) < 4.78 is 42.6. The first kappa shape index (κ1) is 18.4. The molecule has 2 aromatic rings. The zero-order chi connectivity index (χ0) is 18.6. The summed E-state index contributed by atoms with van der Waals surface area (Å²) in [5.41, 5.74) is 0.187. The van der Waals surface area contributed by atoms with E-state index in [4.69, 9.17) is 5.11 Å². The molecular formula is C13H14F3N5O4. The molecule has 0 aliphatic heterocycles. The average molecular weight is 361 g/mol. The Morgan fingerprint density at radius 3 is 2.64 bits per heavy atom. The zero-order valence-electron chi connectivity index (χ0n) is 12.9. The molecule has 2 heterocycles. The van der Waals surface area contributed by atoms with Gasteiger partial charge in [-0.1, -0.05) is 0 Å². The van der Waals surface area contributed by atoms with E-state index in [9.17, 15) is 22.8 Å². The van der Waals surface area contributed by atoms with Crippen LogP contribution < -0.4 is 5.32 Å². The molecular weight excluding hydrogens is 347 g/mol. The molecule has 0 aromatic carbocycles. The van der Waals surface area contributed by atoms with Gasteiger partial charge in [-0.25, -0.2) is 9.48 Å². The number of carbonyl (C=O) groups excluding carboxylic acids is 1. The van der Waals surface area contributed by atoms with Crippen LogP contribution in [0.25, 0.3) is 0 Å². The van der Waals surface area contributed by atoms with Gasteiger partial charge in [-0.15, -0.1) is 0 Å². The van der Waals surface area contributed by atoms with Crippen LogP contribution >= 0.6 is 0 Å². The third-order valence-corrected chi connectivity index (χ3v) is 3.01. The number of nitrogens with one attached hydrogen (secondary N) is 1. The smallest absolute Gasteiger partial charge is 0.411 e. The molecule has 0 spiro atoms. The number of rotatable bonds is 7. The van der Waals surface area contributed by atoms with E-state index in [1.54, 1.807) is 0 Å². The molecule has 2 N–H and O–H groups in total. The number of alkyl halides is 3. The highest BCUT2D eigenvalue weighted by Gasteiger charge is 2.27. The van der Waals surface area contributed by atoms with Crippen LogP contribution in [0.1, 0.15) is 23.3 Å². The minimum atomic E-state index is -4.43. The van der Waals surface area contributed by atoms with Gasteiger partial charge < -0.3 is 15.2 Å². The normalized spacial score (nSPS) is 12.8. The molecule has 9 nitrogen and oxygen atoms in total. The van der Waals surface area contributed by atoms with Crippen LogP contribution in [-0.2, 0) is 16.3 Å². The van der Waals surface area contributed by atoms with Gasteiger partial charge in [-0.3, -0.25) is 9.48 Å². The predicted molar refractivity (Wildman–Crippen MR) is 76.8 cm³/mol. The SMILES string of the molecule is CC(C(=O)Nc1cnn(COCC(F)(F)F)c1)n1cc(C(=O)O)cn1. The summed E-state index contributed by atoms with van der Waals surface area (Å²) in [5.74, 6) is -1.67. The highest BCUT2D eigenvalue weighted by molar-refractivity contribution is 5.93. The number of ether oxygens (including phenoxy) is 1. The van der Waals surface area contributed by atoms with Crippen LogP contribution in [0, 0.1) is 0 Å². The van der Waals surface area contributed by atoms with Crippen molar-refractivity contribution in [2.45, 2.75) is 25.9 Å². The maximum atomic E-state index is 12.1. The third-order valence-electron chi connectivity index (χ3n) is 3.01. The van der Waals surface area contributed by atoms with Crippen molar-refractivity contribution in [3.05, 3.63) is 30.4 Å². The van der Waals surface area contributed by atoms with Gasteiger partial charge in [0.2, 0.25) is 5.91 Å². The lowest BCUT2D eigenvalue weighted by Gasteiger charge is -2.11. The van der Waals surface area contributed by atoms with Gasteiger partial charge in [-0.2, -0.15) is 23.4 Å². The largest absolute Gasteiger partial charge is 0.478 e. The summed E-state index contributed by atoms with van der Waals surface area (Å²) in [6.07, 6.45) is 0.432. The number of aromatic carboxylic acids is 1. The maximum absolute atomic E-state index is 12.1. The first-order valence-electron chi connectivity index (χ1n) is 6.91. The van der Waals surface area contributed by atoms with Crippen LogP contribution in [-0.4, -0.2) is 49.3 Å². The summed E-state index contributed by atoms with van der Waals surface area (Å²) in [5, 5.41) is 18.9. The molecule has 0 aliphatic carbocycles. The van der Waals surface area contributed by atoms with Gasteiger partial charge >= 0.3 is 12.1 Å². The summed E-state index contributed by atoms with van der Waals surface area (Å²) >= 11 is 0. The molecule has 1 unspecified atom stereocenters. The van der Waals surface area contributed by atoms with E-state index in [0.717, 1.165) is 10.9 Å². The van der Waals surface area contributed by atoms with Crippen molar-refractivity contribution in [3.63, 3.8) is 0 Å². The second-order valence-electron chi connectivity index (χ2n) is 5.04. The third kappa shape index (κ3) is 5.31. The number of hydrogen-bond donors (Lipinski definition) is 2. The Morgan fingerprint density at radius 2 is 2.04 bits per heavy atom. The topological polar surface area (TPSA) is 111 Å². The molecule has 0 saturated carbocycles. The van der Waals surface area contributed by atoms with Crippen LogP contribution in [0.4, 0.5) is 18.9 Å². The van der Waals surface area contributed by atoms with Crippen molar-refractivity contribution in [1.82, 2.24) is 19.6 Å². The second-order valence-corrected chi connectivity index (χ2v) is 5.04. The highest BCUT2D eigenvalue weighted by atomic mass is 19.4. The number of carboxylic acid groups (broad SMARTS) is 1. The summed E-state index contributed by atoms with van der Waals surface area (Å²) in [4.78, 5) is 22.9. The van der Waals surface area contributed by atoms with Crippen molar-refractivity contribution in [2.24, 2.45) is 0 Å². The van der Waals surface area contributed by atoms with Crippen LogP contribution in [0.5, 0.6) is 0 Å². The van der Waals surface area contributed by atoms with Gasteiger partial charge in [0.1, 0.15) is 19.4 Å². The van der Waals surface area contributed by atoms with Crippen molar-refractivity contribution in [2.75, 3.05) is 11.9 Å². The van der Waals surface area contributed by atoms with Gasteiger partial charge in [0.05, 0.1) is 29.8 Å². The van der Waals surface area contributed by atoms with E-state index in [1.807, 2.05) is 0 Å². The van der Waals surface area contributed by atoms with Crippen LogP contribution in [0.15, 0.2) is 24.8 Å². The fraction of sp³-hybridized carbons (Fsp3) is 0.385. The van der Waals surface area contributed by atoms with Gasteiger partial charge in [-0.05, 0) is 6.92 Å². The molecule has 2 rings (SSSR count). The fourth-order valence-electron chi connectivity index (χ4n) is 1.78. The van der Waals surface area contributed by atoms with E-state index in [0.29, 0.717) is 0 Å². The standard InChI is InChI=1S/C13H14F3N5O4/c1-8(21-4-9(2-18-21)12(23)24)11(22)19-10-3-17-20(5-10)7-25-6-13(14,15)16/h2-5,8H,6-7H2,1H3,(H,19,22)(H,23,24). The molecule has 12 heteroatoms. The van der Waals surface area contributed by atoms with Crippen molar-refractivity contribution >= 4 is 17.6 Å². The molecule has 0 bridgehead atoms. The number of aromatic nitrogens is 4. The first-order chi connectivity index (χ1) is 11.7. The Balaban J connectivity index is 1.90. The number of carboxylic acids is 1. The Morgan fingerprint density at radius 1 is 1.32 bits per heavy atom. The number of amides is 1. The average Bonchev–Trinajstić information content (AvgIpc) is 3.14. The summed E-state index contributed by atoms with van der Waals surface area (Å²) in [7, 11) is 0. The van der Waals surface area contributed by atoms with Gasteiger partial charge in [0, 0.05) is 6.20 Å². The molecule has 0 fully saturated rings. The van der Waals surface area contributed by atoms with E-state index in [1.165, 1.54) is 30.2 Å². The Bertz CT molecular complexity index is 755. The quantitative estimate of drug-likeness (QED) is 0.773. The van der Waals surface area contributed by atoms with Crippen LogP contribution in [0.3, 0.4) is 0 Å². The number of hydrogen-bond acceptors (Lipinski definition) is 5. The lowest BCUT2D eigenvalue weighted by Crippen LogP contribution is -2.23. The Hall–Kier alpha value is -2.89. The highest BCUT2D eigenvalue weighted by Crippen LogP contribution is 2.15. The Kier molecular flexibility index (Phi) is 5.41. The molecule has 0 radical (unpaired) electrons. The van der Waals surface area contributed by atoms with E-state index in [-0.39, 0.29) is 11.3 Å². The molecule has 1 amide bonds. The lowest BCUT2D eigenvalue weighted by molar-refractivity contribution is -0.182. The first-order valence-corrected chi connectivity index (χ1v) is 6.91. The molecule has 2 aromatic heterocycles. The molecule has 25 heavy (non-hydrogen) atoms. The predicted octanol–water partition coefficient (Wildman–Crippen LogP) is 1.51. The molecule has 0 saturated heterocycles. The second kappa shape index (κ2) is 7.34. The number of anilines is 1. The zero-order valence-corrected chi connectivity index (χ0v) is 12.9. The van der Waals surface area contributed by atoms with Gasteiger partial charge in [0.25, 0.3) is 0 Å². The molecule has 0 aliphatic rings. The van der Waals surface area contributed by atoms with E-state index >= 15 is 0 Å². The lowest BCUT2D eigenvalue weighted by atomic mass is 10.3. The Labute approximate surface area is 139 Å². The minimum absolute atomic E-state index is 0.0608. The van der Waals surface area contributed by atoms with Gasteiger partial charge in [0.15, 0.2) is 0 Å². The number of nitrogens with zero attached hydrogens (tertiary/aromatic N) is 4. The maximum Gasteiger partial charge on any atom is 0.411 e. The number of carbonyl (C=O) groups is 2. The monoisotopic (exact) mass is 361 g/mol. The molecule has 136 valence electrons. The van der Waals surface area contributed by atoms with Crippen molar-refractivity contribution < 1.29 is 32.6 Å². The van der Waals surface area contributed by atoms with Crippen LogP contribution in [0.2, 0.25) is 0 Å². The van der Waals surface area contributed by atoms with E-state index in [2.05, 4.69) is 20.3 Å². The molecule has 1 atom stereocenters. The van der Waals surface area contributed by atoms with Crippen molar-refractivity contribution in [3.8, 4) is 0 Å². The summed E-state index contributed by atoms with van der Waals surface area (Å²) in [6, 6.07) is -0.807. The fourth-order valence-corrected chi connectivity index (χ4v) is 1.78. The van der Waals surface area contributed by atoms with Crippen molar-refractivity contribution in [1.29, 1.82) is 0 Å². The minimum Gasteiger partial charge on any atom is -0.478 e. The van der Waals surface area contributed by atoms with E-state index < -0.39 is 37.4 Å². The number of halogens is 3.